The number of carbonyl (C=O) groups is 2. The number of fused-ring (bicyclic) bond motifs is 1. The summed E-state index contributed by atoms with van der Waals surface area (Å²) < 4.78 is 27.9. The number of hydrogen-bond donors (Lipinski definition) is 1. The molecular weight excluding hydrogens is 318 g/mol. The molecule has 0 radical (unpaired) electrons. The maximum atomic E-state index is 11.7. The van der Waals surface area contributed by atoms with Crippen molar-refractivity contribution >= 4 is 12.1 Å². The van der Waals surface area contributed by atoms with Crippen molar-refractivity contribution in [1.29, 1.82) is 0 Å². The van der Waals surface area contributed by atoms with Gasteiger partial charge in [0.1, 0.15) is 24.9 Å². The molecule has 0 aromatic heterocycles. The molecule has 2 heterocycles. The number of carbonyl (C=O) groups excluding carboxylic acids is 2. The number of nitrogens with one attached hydrogen (secondary N) is 1. The van der Waals surface area contributed by atoms with E-state index in [1.807, 2.05) is 20.8 Å². The van der Waals surface area contributed by atoms with Gasteiger partial charge in [0.15, 0.2) is 12.4 Å². The average molecular weight is 343 g/mol. The zero-order chi connectivity index (χ0) is 17.9. The molecule has 0 unspecified atom stereocenters. The Balaban J connectivity index is 2.20. The van der Waals surface area contributed by atoms with E-state index in [0.717, 1.165) is 0 Å². The Kier molecular flexibility index (Phi) is 5.84. The van der Waals surface area contributed by atoms with E-state index < -0.39 is 48.3 Å². The second-order valence-corrected chi connectivity index (χ2v) is 6.70. The highest BCUT2D eigenvalue weighted by atomic mass is 16.7. The van der Waals surface area contributed by atoms with Crippen molar-refractivity contribution in [3.8, 4) is 0 Å². The lowest BCUT2D eigenvalue weighted by molar-refractivity contribution is -0.288. The third-order valence-electron chi connectivity index (χ3n) is 3.50. The fourth-order valence-corrected chi connectivity index (χ4v) is 2.65. The topological polar surface area (TPSA) is 92.3 Å². The minimum atomic E-state index is -0.745. The molecule has 1 amide bonds. The van der Waals surface area contributed by atoms with Gasteiger partial charge < -0.3 is 29.0 Å². The highest BCUT2D eigenvalue weighted by molar-refractivity contribution is 5.70. The monoisotopic (exact) mass is 343 g/mol. The quantitative estimate of drug-likeness (QED) is 0.571. The molecule has 5 atom stereocenters. The molecule has 8 heteroatoms. The van der Waals surface area contributed by atoms with Gasteiger partial charge in [-0.25, -0.2) is 4.79 Å². The summed E-state index contributed by atoms with van der Waals surface area (Å²) in [5.74, 6) is -0.432. The Morgan fingerprint density at radius 1 is 1.42 bits per heavy atom. The van der Waals surface area contributed by atoms with Crippen LogP contribution in [0.3, 0.4) is 0 Å². The molecular formula is C16H25NO7. The zero-order valence-electron chi connectivity index (χ0n) is 14.4. The SMILES string of the molecule is C=CCO[C@H]1[C@@H]2OC(=O)N[C@@H]2[C@@H](OC(C)(C)C)O[C@@H]1COC(C)=O. The summed E-state index contributed by atoms with van der Waals surface area (Å²) in [6.07, 6.45) is -1.57. The summed E-state index contributed by atoms with van der Waals surface area (Å²) in [4.78, 5) is 22.8. The van der Waals surface area contributed by atoms with Crippen molar-refractivity contribution in [3.63, 3.8) is 0 Å². The van der Waals surface area contributed by atoms with E-state index in [1.54, 1.807) is 6.08 Å². The van der Waals surface area contributed by atoms with Crippen molar-refractivity contribution in [2.75, 3.05) is 13.2 Å². The first-order valence-corrected chi connectivity index (χ1v) is 7.87. The van der Waals surface area contributed by atoms with Gasteiger partial charge in [-0.2, -0.15) is 0 Å². The minimum absolute atomic E-state index is 0.0259. The summed E-state index contributed by atoms with van der Waals surface area (Å²) in [5.41, 5.74) is -0.497. The Bertz CT molecular complexity index is 487. The Morgan fingerprint density at radius 3 is 2.71 bits per heavy atom. The van der Waals surface area contributed by atoms with Gasteiger partial charge in [-0.05, 0) is 20.8 Å². The largest absolute Gasteiger partial charge is 0.463 e. The lowest BCUT2D eigenvalue weighted by Crippen LogP contribution is -2.62. The number of rotatable bonds is 6. The molecule has 2 saturated heterocycles. The van der Waals surface area contributed by atoms with Crippen LogP contribution in [-0.4, -0.2) is 61.5 Å². The second-order valence-electron chi connectivity index (χ2n) is 6.70. The summed E-state index contributed by atoms with van der Waals surface area (Å²) in [5, 5.41) is 2.70. The van der Waals surface area contributed by atoms with Crippen LogP contribution in [0, 0.1) is 0 Å². The van der Waals surface area contributed by atoms with Gasteiger partial charge in [0.25, 0.3) is 0 Å². The zero-order valence-corrected chi connectivity index (χ0v) is 14.4. The molecule has 0 spiro atoms. The Hall–Kier alpha value is -1.64. The van der Waals surface area contributed by atoms with Gasteiger partial charge in [0.2, 0.25) is 0 Å². The Morgan fingerprint density at radius 2 is 2.12 bits per heavy atom. The summed E-state index contributed by atoms with van der Waals surface area (Å²) in [6.45, 7) is 10.8. The highest BCUT2D eigenvalue weighted by Gasteiger charge is 2.54. The van der Waals surface area contributed by atoms with Crippen LogP contribution in [0.25, 0.3) is 0 Å². The van der Waals surface area contributed by atoms with E-state index in [-0.39, 0.29) is 13.2 Å². The molecule has 0 bridgehead atoms. The van der Waals surface area contributed by atoms with Crippen LogP contribution in [0.4, 0.5) is 4.79 Å². The van der Waals surface area contributed by atoms with Crippen molar-refractivity contribution in [2.45, 2.75) is 63.9 Å². The fraction of sp³-hybridized carbons (Fsp3) is 0.750. The van der Waals surface area contributed by atoms with Crippen molar-refractivity contribution in [3.05, 3.63) is 12.7 Å². The third-order valence-corrected chi connectivity index (χ3v) is 3.50. The first-order valence-electron chi connectivity index (χ1n) is 7.87. The van der Waals surface area contributed by atoms with Gasteiger partial charge in [0.05, 0.1) is 12.2 Å². The molecule has 2 aliphatic heterocycles. The number of esters is 1. The van der Waals surface area contributed by atoms with Crippen LogP contribution in [0.1, 0.15) is 27.7 Å². The predicted molar refractivity (Wildman–Crippen MR) is 83.3 cm³/mol. The number of alkyl carbamates (subject to hydrolysis) is 1. The van der Waals surface area contributed by atoms with E-state index in [9.17, 15) is 9.59 Å². The molecule has 2 fully saturated rings. The normalized spacial score (nSPS) is 32.5. The number of hydrogen-bond acceptors (Lipinski definition) is 7. The van der Waals surface area contributed by atoms with E-state index in [4.69, 9.17) is 23.7 Å². The smallest absolute Gasteiger partial charge is 0.408 e. The summed E-state index contributed by atoms with van der Waals surface area (Å²) in [7, 11) is 0. The standard InChI is InChI=1S/C16H25NO7/c1-6-7-20-12-10(8-21-9(2)18)22-14(24-16(3,4)5)11-13(12)23-15(19)17-11/h6,10-14H,1,7-8H2,2-5H3,(H,17,19)/t10-,11+,12-,13-,14-/m1/s1. The van der Waals surface area contributed by atoms with Crippen LogP contribution >= 0.6 is 0 Å². The molecule has 0 aliphatic carbocycles. The maximum absolute atomic E-state index is 11.7. The van der Waals surface area contributed by atoms with Crippen LogP contribution < -0.4 is 5.32 Å². The van der Waals surface area contributed by atoms with E-state index >= 15 is 0 Å². The molecule has 1 N–H and O–H groups in total. The maximum Gasteiger partial charge on any atom is 0.408 e. The van der Waals surface area contributed by atoms with Crippen LogP contribution in [0.2, 0.25) is 0 Å². The van der Waals surface area contributed by atoms with Gasteiger partial charge in [-0.15, -0.1) is 6.58 Å². The van der Waals surface area contributed by atoms with Gasteiger partial charge in [-0.3, -0.25) is 4.79 Å². The van der Waals surface area contributed by atoms with Crippen LogP contribution in [-0.2, 0) is 28.5 Å². The van der Waals surface area contributed by atoms with E-state index in [1.165, 1.54) is 6.92 Å². The lowest BCUT2D eigenvalue weighted by Gasteiger charge is -2.43. The lowest BCUT2D eigenvalue weighted by atomic mass is 9.97. The first kappa shape index (κ1) is 18.7. The van der Waals surface area contributed by atoms with Crippen molar-refractivity contribution < 1.29 is 33.3 Å². The predicted octanol–water partition coefficient (Wildman–Crippen LogP) is 1.14. The van der Waals surface area contributed by atoms with Gasteiger partial charge in [-0.1, -0.05) is 6.08 Å². The summed E-state index contributed by atoms with van der Waals surface area (Å²) in [6, 6.07) is -0.514. The first-order chi connectivity index (χ1) is 11.2. The summed E-state index contributed by atoms with van der Waals surface area (Å²) >= 11 is 0. The van der Waals surface area contributed by atoms with Gasteiger partial charge >= 0.3 is 12.1 Å². The number of amides is 1. The third kappa shape index (κ3) is 4.68. The molecule has 2 rings (SSSR count). The molecule has 0 aromatic carbocycles. The highest BCUT2D eigenvalue weighted by Crippen LogP contribution is 2.32. The molecule has 136 valence electrons. The Labute approximate surface area is 141 Å². The minimum Gasteiger partial charge on any atom is -0.463 e. The molecule has 2 aliphatic rings. The average Bonchev–Trinajstić information content (AvgIpc) is 2.84. The van der Waals surface area contributed by atoms with E-state index in [2.05, 4.69) is 11.9 Å². The molecule has 8 nitrogen and oxygen atoms in total. The van der Waals surface area contributed by atoms with Crippen molar-refractivity contribution in [2.24, 2.45) is 0 Å². The number of ether oxygens (including phenoxy) is 5. The van der Waals surface area contributed by atoms with E-state index in [0.29, 0.717) is 0 Å². The molecule has 0 aromatic rings. The second kappa shape index (κ2) is 7.50. The molecule has 24 heavy (non-hydrogen) atoms. The van der Waals surface area contributed by atoms with Crippen molar-refractivity contribution in [1.82, 2.24) is 5.32 Å². The fourth-order valence-electron chi connectivity index (χ4n) is 2.65. The van der Waals surface area contributed by atoms with Crippen LogP contribution in [0.15, 0.2) is 12.7 Å². The van der Waals surface area contributed by atoms with Gasteiger partial charge in [0, 0.05) is 6.92 Å². The molecule has 0 saturated carbocycles. The van der Waals surface area contributed by atoms with Crippen LogP contribution in [0.5, 0.6) is 0 Å².